The number of rotatable bonds is 2. The number of aromatic nitrogens is 2. The van der Waals surface area contributed by atoms with Crippen LogP contribution in [0.3, 0.4) is 0 Å². The van der Waals surface area contributed by atoms with Crippen molar-refractivity contribution in [3.05, 3.63) is 53.8 Å². The van der Waals surface area contributed by atoms with Crippen LogP contribution in [-0.2, 0) is 4.79 Å². The first-order valence-electron chi connectivity index (χ1n) is 6.14. The van der Waals surface area contributed by atoms with E-state index in [0.717, 1.165) is 22.6 Å². The number of hydrogen-bond donors (Lipinski definition) is 1. The Bertz CT molecular complexity index is 795. The van der Waals surface area contributed by atoms with Gasteiger partial charge in [0.15, 0.2) is 0 Å². The molecule has 2 aromatic heterocycles. The number of carbonyl (C=O) groups excluding carboxylic acids is 1. The molecule has 0 unspecified atom stereocenters. The summed E-state index contributed by atoms with van der Waals surface area (Å²) >= 11 is 5.96. The molecule has 0 fully saturated rings. The largest absolute Gasteiger partial charge is 0.326 e. The molecule has 1 amide bonds. The van der Waals surface area contributed by atoms with Crippen LogP contribution in [0.5, 0.6) is 0 Å². The standard InChI is InChI=1S/C15H12ClN3O/c1-10(20)17-13-4-2-3-11(7-13)14-9-19-8-12(16)5-6-15(19)18-14/h2-9H,1H3,(H,17,20). The average molecular weight is 286 g/mol. The molecule has 1 aromatic carbocycles. The SMILES string of the molecule is CC(=O)Nc1cccc(-c2cn3cc(Cl)ccc3n2)c1. The van der Waals surface area contributed by atoms with Gasteiger partial charge in [-0.15, -0.1) is 0 Å². The van der Waals surface area contributed by atoms with E-state index < -0.39 is 0 Å². The van der Waals surface area contributed by atoms with E-state index >= 15 is 0 Å². The fraction of sp³-hybridized carbons (Fsp3) is 0.0667. The molecule has 0 aliphatic heterocycles. The minimum absolute atomic E-state index is 0.0936. The number of hydrogen-bond acceptors (Lipinski definition) is 2. The van der Waals surface area contributed by atoms with Crippen molar-refractivity contribution in [1.29, 1.82) is 0 Å². The van der Waals surface area contributed by atoms with Crippen LogP contribution in [0.4, 0.5) is 5.69 Å². The quantitative estimate of drug-likeness (QED) is 0.782. The summed E-state index contributed by atoms with van der Waals surface area (Å²) in [6.45, 7) is 1.49. The smallest absolute Gasteiger partial charge is 0.221 e. The Morgan fingerprint density at radius 1 is 1.25 bits per heavy atom. The minimum atomic E-state index is -0.0936. The van der Waals surface area contributed by atoms with Crippen molar-refractivity contribution in [2.24, 2.45) is 0 Å². The normalized spacial score (nSPS) is 10.7. The molecule has 0 aliphatic rings. The molecule has 0 aliphatic carbocycles. The number of fused-ring (bicyclic) bond motifs is 1. The van der Waals surface area contributed by atoms with Gasteiger partial charge in [0.1, 0.15) is 5.65 Å². The van der Waals surface area contributed by atoms with Gasteiger partial charge in [0.2, 0.25) is 5.91 Å². The molecule has 100 valence electrons. The van der Waals surface area contributed by atoms with E-state index in [4.69, 9.17) is 11.6 Å². The summed E-state index contributed by atoms with van der Waals surface area (Å²) in [5.74, 6) is -0.0936. The van der Waals surface area contributed by atoms with Crippen molar-refractivity contribution in [1.82, 2.24) is 9.38 Å². The zero-order valence-corrected chi connectivity index (χ0v) is 11.6. The highest BCUT2D eigenvalue weighted by atomic mass is 35.5. The van der Waals surface area contributed by atoms with E-state index in [2.05, 4.69) is 10.3 Å². The Morgan fingerprint density at radius 3 is 2.90 bits per heavy atom. The molecule has 3 rings (SSSR count). The Labute approximate surface area is 121 Å². The Morgan fingerprint density at radius 2 is 2.10 bits per heavy atom. The predicted molar refractivity (Wildman–Crippen MR) is 79.9 cm³/mol. The first kappa shape index (κ1) is 12.7. The monoisotopic (exact) mass is 285 g/mol. The van der Waals surface area contributed by atoms with E-state index in [1.807, 2.05) is 47.1 Å². The van der Waals surface area contributed by atoms with Crippen molar-refractivity contribution in [2.75, 3.05) is 5.32 Å². The van der Waals surface area contributed by atoms with Crippen LogP contribution < -0.4 is 5.32 Å². The van der Waals surface area contributed by atoms with E-state index in [1.54, 1.807) is 6.07 Å². The Kier molecular flexibility index (Phi) is 3.16. The Hall–Kier alpha value is -2.33. The summed E-state index contributed by atoms with van der Waals surface area (Å²) in [6, 6.07) is 11.2. The second-order valence-electron chi connectivity index (χ2n) is 4.50. The number of halogens is 1. The molecule has 1 N–H and O–H groups in total. The number of anilines is 1. The summed E-state index contributed by atoms with van der Waals surface area (Å²) in [5, 5.41) is 3.42. The summed E-state index contributed by atoms with van der Waals surface area (Å²) in [5.41, 5.74) is 3.36. The van der Waals surface area contributed by atoms with Crippen molar-refractivity contribution < 1.29 is 4.79 Å². The van der Waals surface area contributed by atoms with E-state index in [1.165, 1.54) is 6.92 Å². The summed E-state index contributed by atoms with van der Waals surface area (Å²) < 4.78 is 1.88. The number of amides is 1. The van der Waals surface area contributed by atoms with Crippen LogP contribution in [0, 0.1) is 0 Å². The second-order valence-corrected chi connectivity index (χ2v) is 4.94. The molecule has 0 radical (unpaired) electrons. The molecule has 5 heteroatoms. The molecule has 0 saturated heterocycles. The maximum absolute atomic E-state index is 11.1. The van der Waals surface area contributed by atoms with Gasteiger partial charge >= 0.3 is 0 Å². The average Bonchev–Trinajstić information content (AvgIpc) is 2.81. The van der Waals surface area contributed by atoms with Gasteiger partial charge in [0.25, 0.3) is 0 Å². The number of nitrogens with zero attached hydrogens (tertiary/aromatic N) is 2. The molecule has 4 nitrogen and oxygen atoms in total. The van der Waals surface area contributed by atoms with E-state index in [9.17, 15) is 4.79 Å². The molecule has 0 saturated carbocycles. The zero-order valence-electron chi connectivity index (χ0n) is 10.8. The van der Waals surface area contributed by atoms with Crippen LogP contribution in [0.15, 0.2) is 48.8 Å². The van der Waals surface area contributed by atoms with Gasteiger partial charge in [-0.25, -0.2) is 4.98 Å². The Balaban J connectivity index is 2.03. The van der Waals surface area contributed by atoms with Crippen LogP contribution in [0.25, 0.3) is 16.9 Å². The topological polar surface area (TPSA) is 46.4 Å². The lowest BCUT2D eigenvalue weighted by Gasteiger charge is -2.03. The fourth-order valence-electron chi connectivity index (χ4n) is 2.06. The number of pyridine rings is 1. The molecule has 0 spiro atoms. The van der Waals surface area contributed by atoms with Gasteiger partial charge in [0, 0.05) is 30.6 Å². The maximum atomic E-state index is 11.1. The molecule has 0 atom stereocenters. The lowest BCUT2D eigenvalue weighted by Crippen LogP contribution is -2.05. The van der Waals surface area contributed by atoms with Crippen LogP contribution in [0.1, 0.15) is 6.92 Å². The minimum Gasteiger partial charge on any atom is -0.326 e. The summed E-state index contributed by atoms with van der Waals surface area (Å²) in [6.07, 6.45) is 3.72. The van der Waals surface area contributed by atoms with Crippen LogP contribution >= 0.6 is 11.6 Å². The second kappa shape index (κ2) is 4.98. The van der Waals surface area contributed by atoms with Crippen LogP contribution in [-0.4, -0.2) is 15.3 Å². The molecule has 0 bridgehead atoms. The third-order valence-electron chi connectivity index (χ3n) is 2.89. The molecule has 3 aromatic rings. The van der Waals surface area contributed by atoms with Crippen molar-refractivity contribution in [3.63, 3.8) is 0 Å². The lowest BCUT2D eigenvalue weighted by molar-refractivity contribution is -0.114. The fourth-order valence-corrected chi connectivity index (χ4v) is 2.23. The molecular formula is C15H12ClN3O. The van der Waals surface area contributed by atoms with Gasteiger partial charge in [-0.3, -0.25) is 4.79 Å². The first-order chi connectivity index (χ1) is 9.61. The van der Waals surface area contributed by atoms with Crippen molar-refractivity contribution in [2.45, 2.75) is 6.92 Å². The molecular weight excluding hydrogens is 274 g/mol. The summed E-state index contributed by atoms with van der Waals surface area (Å²) in [7, 11) is 0. The van der Waals surface area contributed by atoms with Gasteiger partial charge < -0.3 is 9.72 Å². The van der Waals surface area contributed by atoms with Gasteiger partial charge in [-0.05, 0) is 24.3 Å². The highest BCUT2D eigenvalue weighted by Gasteiger charge is 2.06. The van der Waals surface area contributed by atoms with E-state index in [0.29, 0.717) is 5.02 Å². The predicted octanol–water partition coefficient (Wildman–Crippen LogP) is 3.61. The molecule has 2 heterocycles. The third kappa shape index (κ3) is 2.51. The van der Waals surface area contributed by atoms with Crippen LogP contribution in [0.2, 0.25) is 5.02 Å². The van der Waals surface area contributed by atoms with Gasteiger partial charge in [-0.1, -0.05) is 23.7 Å². The summed E-state index contributed by atoms with van der Waals surface area (Å²) in [4.78, 5) is 15.6. The maximum Gasteiger partial charge on any atom is 0.221 e. The lowest BCUT2D eigenvalue weighted by atomic mass is 10.1. The number of nitrogens with one attached hydrogen (secondary N) is 1. The number of carbonyl (C=O) groups is 1. The molecule has 20 heavy (non-hydrogen) atoms. The van der Waals surface area contributed by atoms with Gasteiger partial charge in [-0.2, -0.15) is 0 Å². The van der Waals surface area contributed by atoms with E-state index in [-0.39, 0.29) is 5.91 Å². The zero-order chi connectivity index (χ0) is 14.1. The number of benzene rings is 1. The highest BCUT2D eigenvalue weighted by Crippen LogP contribution is 2.23. The highest BCUT2D eigenvalue weighted by molar-refractivity contribution is 6.30. The van der Waals surface area contributed by atoms with Crippen molar-refractivity contribution in [3.8, 4) is 11.3 Å². The number of imidazole rings is 1. The van der Waals surface area contributed by atoms with Gasteiger partial charge in [0.05, 0.1) is 10.7 Å². The third-order valence-corrected chi connectivity index (χ3v) is 3.12. The first-order valence-corrected chi connectivity index (χ1v) is 6.52. The van der Waals surface area contributed by atoms with Crippen molar-refractivity contribution >= 4 is 28.8 Å².